The van der Waals surface area contributed by atoms with Crippen LogP contribution in [0.1, 0.15) is 0 Å². The topological polar surface area (TPSA) is 85.4 Å². The average Bonchev–Trinajstić information content (AvgIpc) is 2.48. The summed E-state index contributed by atoms with van der Waals surface area (Å²) in [7, 11) is 0. The van der Waals surface area contributed by atoms with Crippen molar-refractivity contribution < 1.29 is 0 Å². The van der Waals surface area contributed by atoms with Gasteiger partial charge in [0.15, 0.2) is 0 Å². The molecule has 2 aromatic rings. The third-order valence-corrected chi connectivity index (χ3v) is 1.78. The van der Waals surface area contributed by atoms with Crippen molar-refractivity contribution in [1.82, 2.24) is 24.7 Å². The fourth-order valence-electron chi connectivity index (χ4n) is 0.965. The van der Waals surface area contributed by atoms with Crippen LogP contribution in [0.15, 0.2) is 18.7 Å². The summed E-state index contributed by atoms with van der Waals surface area (Å²) in [5, 5.41) is 6.33. The third-order valence-electron chi connectivity index (χ3n) is 1.50. The zero-order valence-corrected chi connectivity index (χ0v) is 7.32. The summed E-state index contributed by atoms with van der Waals surface area (Å²) in [6.45, 7) is 0. The number of nitrogens with two attached hydrogens (primary N) is 1. The summed E-state index contributed by atoms with van der Waals surface area (Å²) in [6.07, 6.45) is 4.65. The molecule has 0 fully saturated rings. The Labute approximate surface area is 78.5 Å². The number of aromatic amines is 1. The Morgan fingerprint density at radius 3 is 2.62 bits per heavy atom. The Balaban J connectivity index is 2.65. The molecular formula is C6H6N6S. The van der Waals surface area contributed by atoms with E-state index in [1.54, 1.807) is 17.0 Å². The first-order chi connectivity index (χ1) is 6.29. The third kappa shape index (κ3) is 1.29. The summed E-state index contributed by atoms with van der Waals surface area (Å²) in [5.41, 5.74) is 6.27. The zero-order chi connectivity index (χ0) is 9.26. The molecule has 3 N–H and O–H groups in total. The molecule has 0 unspecified atom stereocenters. The van der Waals surface area contributed by atoms with E-state index >= 15 is 0 Å². The van der Waals surface area contributed by atoms with Crippen molar-refractivity contribution in [3.05, 3.63) is 23.5 Å². The maximum Gasteiger partial charge on any atom is 0.225 e. The molecule has 2 heterocycles. The fraction of sp³-hybridized carbons (Fsp3) is 0. The molecule has 0 atom stereocenters. The number of hydrogen-bond donors (Lipinski definition) is 2. The van der Waals surface area contributed by atoms with Gasteiger partial charge >= 0.3 is 0 Å². The van der Waals surface area contributed by atoms with Crippen LogP contribution < -0.4 is 5.73 Å². The lowest BCUT2D eigenvalue weighted by Crippen LogP contribution is -2.01. The van der Waals surface area contributed by atoms with Gasteiger partial charge in [0, 0.05) is 0 Å². The van der Waals surface area contributed by atoms with Gasteiger partial charge in [-0.3, -0.25) is 4.57 Å². The molecular weight excluding hydrogens is 188 g/mol. The molecule has 0 saturated heterocycles. The molecule has 66 valence electrons. The number of hydrogen-bond acceptors (Lipinski definition) is 5. The molecule has 13 heavy (non-hydrogen) atoms. The predicted molar refractivity (Wildman–Crippen MR) is 48.8 cm³/mol. The fourth-order valence-corrected chi connectivity index (χ4v) is 1.21. The van der Waals surface area contributed by atoms with Crippen LogP contribution in [0.5, 0.6) is 0 Å². The molecule has 0 bridgehead atoms. The lowest BCUT2D eigenvalue weighted by atomic mass is 10.5. The minimum Gasteiger partial charge on any atom is -0.368 e. The highest BCUT2D eigenvalue weighted by molar-refractivity contribution is 7.71. The van der Waals surface area contributed by atoms with Crippen LogP contribution in [-0.4, -0.2) is 24.7 Å². The summed E-state index contributed by atoms with van der Waals surface area (Å²) < 4.78 is 1.97. The molecule has 0 aliphatic rings. The van der Waals surface area contributed by atoms with E-state index < -0.39 is 0 Å². The lowest BCUT2D eigenvalue weighted by molar-refractivity contribution is 0.997. The van der Waals surface area contributed by atoms with E-state index in [1.165, 1.54) is 6.33 Å². The van der Waals surface area contributed by atoms with Gasteiger partial charge in [0.2, 0.25) is 10.7 Å². The van der Waals surface area contributed by atoms with Crippen LogP contribution in [-0.2, 0) is 0 Å². The average molecular weight is 194 g/mol. The largest absolute Gasteiger partial charge is 0.368 e. The van der Waals surface area contributed by atoms with E-state index in [2.05, 4.69) is 20.2 Å². The second-order valence-corrected chi connectivity index (χ2v) is 2.71. The van der Waals surface area contributed by atoms with Gasteiger partial charge in [-0.1, -0.05) is 0 Å². The van der Waals surface area contributed by atoms with E-state index in [-0.39, 0.29) is 0 Å². The molecule has 7 heteroatoms. The minimum absolute atomic E-state index is 0.291. The van der Waals surface area contributed by atoms with Crippen molar-refractivity contribution in [2.45, 2.75) is 0 Å². The van der Waals surface area contributed by atoms with Crippen molar-refractivity contribution >= 4 is 18.2 Å². The first-order valence-corrected chi connectivity index (χ1v) is 3.88. The first-order valence-electron chi connectivity index (χ1n) is 3.47. The highest BCUT2D eigenvalue weighted by atomic mass is 32.1. The van der Waals surface area contributed by atoms with Crippen LogP contribution in [0, 0.1) is 4.77 Å². The van der Waals surface area contributed by atoms with E-state index in [9.17, 15) is 0 Å². The van der Waals surface area contributed by atoms with Crippen LogP contribution in [0.2, 0.25) is 0 Å². The molecule has 2 rings (SSSR count). The van der Waals surface area contributed by atoms with Crippen molar-refractivity contribution in [3.63, 3.8) is 0 Å². The highest BCUT2D eigenvalue weighted by Gasteiger charge is 2.03. The zero-order valence-electron chi connectivity index (χ0n) is 6.51. The molecule has 0 aliphatic heterocycles. The molecule has 0 amide bonds. The molecule has 0 saturated carbocycles. The molecule has 6 nitrogen and oxygen atoms in total. The molecule has 0 aromatic carbocycles. The Morgan fingerprint density at radius 1 is 1.38 bits per heavy atom. The standard InChI is InChI=1S/C6H6N6S/c7-5-10-11-6(13)12(5)4-1-8-3-9-2-4/h1-3H,(H2,7,10)(H,11,13). The molecule has 0 radical (unpaired) electrons. The van der Waals surface area contributed by atoms with E-state index in [1.807, 2.05) is 0 Å². The van der Waals surface area contributed by atoms with Gasteiger partial charge in [-0.05, 0) is 12.2 Å². The van der Waals surface area contributed by atoms with Gasteiger partial charge in [-0.25, -0.2) is 15.1 Å². The Bertz CT molecular complexity index is 457. The molecule has 2 aromatic heterocycles. The van der Waals surface area contributed by atoms with Gasteiger partial charge in [-0.2, -0.15) is 0 Å². The summed E-state index contributed by atoms with van der Waals surface area (Å²) in [4.78, 5) is 7.69. The number of nitrogens with one attached hydrogen (secondary N) is 1. The maximum atomic E-state index is 5.57. The number of nitrogen functional groups attached to an aromatic ring is 1. The second kappa shape index (κ2) is 2.94. The smallest absolute Gasteiger partial charge is 0.225 e. The molecule has 0 spiro atoms. The number of rotatable bonds is 1. The number of H-pyrrole nitrogens is 1. The van der Waals surface area contributed by atoms with Crippen molar-refractivity contribution in [1.29, 1.82) is 0 Å². The predicted octanol–water partition coefficient (Wildman–Crippen LogP) is 0.302. The van der Waals surface area contributed by atoms with Crippen LogP contribution >= 0.6 is 12.2 Å². The Hall–Kier alpha value is -1.76. The SMILES string of the molecule is Nc1n[nH]c(=S)n1-c1cncnc1. The summed E-state index contributed by atoms with van der Waals surface area (Å²) in [5.74, 6) is 0.291. The normalized spacial score (nSPS) is 10.2. The first kappa shape index (κ1) is 7.87. The number of anilines is 1. The monoisotopic (exact) mass is 194 g/mol. The van der Waals surface area contributed by atoms with Crippen molar-refractivity contribution in [2.75, 3.05) is 5.73 Å². The summed E-state index contributed by atoms with van der Waals surface area (Å²) >= 11 is 4.96. The van der Waals surface area contributed by atoms with Crippen molar-refractivity contribution in [3.8, 4) is 5.69 Å². The van der Waals surface area contributed by atoms with Gasteiger partial charge in [0.1, 0.15) is 6.33 Å². The number of nitrogens with zero attached hydrogens (tertiary/aromatic N) is 4. The molecule has 0 aliphatic carbocycles. The van der Waals surface area contributed by atoms with Gasteiger partial charge < -0.3 is 5.73 Å². The van der Waals surface area contributed by atoms with Crippen molar-refractivity contribution in [2.24, 2.45) is 0 Å². The van der Waals surface area contributed by atoms with E-state index in [0.717, 1.165) is 0 Å². The number of aromatic nitrogens is 5. The van der Waals surface area contributed by atoms with Gasteiger partial charge in [-0.15, -0.1) is 5.10 Å². The summed E-state index contributed by atoms with van der Waals surface area (Å²) in [6, 6.07) is 0. The minimum atomic E-state index is 0.291. The second-order valence-electron chi connectivity index (χ2n) is 2.32. The van der Waals surface area contributed by atoms with Gasteiger partial charge in [0.05, 0.1) is 18.1 Å². The van der Waals surface area contributed by atoms with E-state index in [0.29, 0.717) is 16.4 Å². The Kier molecular flexibility index (Phi) is 1.78. The van der Waals surface area contributed by atoms with Crippen LogP contribution in [0.25, 0.3) is 5.69 Å². The maximum absolute atomic E-state index is 5.57. The van der Waals surface area contributed by atoms with E-state index in [4.69, 9.17) is 18.0 Å². The van der Waals surface area contributed by atoms with Crippen LogP contribution in [0.4, 0.5) is 5.95 Å². The Morgan fingerprint density at radius 2 is 2.08 bits per heavy atom. The van der Waals surface area contributed by atoms with Crippen LogP contribution in [0.3, 0.4) is 0 Å². The quantitative estimate of drug-likeness (QED) is 0.638. The lowest BCUT2D eigenvalue weighted by Gasteiger charge is -2.00. The van der Waals surface area contributed by atoms with Gasteiger partial charge in [0.25, 0.3) is 0 Å². The highest BCUT2D eigenvalue weighted by Crippen LogP contribution is 2.08.